The number of phenolic OH excluding ortho intramolecular Hbond substituents is 1. The molecule has 1 amide bonds. The summed E-state index contributed by atoms with van der Waals surface area (Å²) in [5, 5.41) is 11.3. The molecule has 0 atom stereocenters. The highest BCUT2D eigenvalue weighted by molar-refractivity contribution is 6.31. The van der Waals surface area contributed by atoms with Gasteiger partial charge < -0.3 is 16.6 Å². The van der Waals surface area contributed by atoms with Crippen LogP contribution in [0, 0.1) is 13.8 Å². The van der Waals surface area contributed by atoms with Gasteiger partial charge in [-0.2, -0.15) is 0 Å². The average molecular weight is 342 g/mol. The molecule has 0 unspecified atom stereocenters. The molecule has 0 saturated heterocycles. The summed E-state index contributed by atoms with van der Waals surface area (Å²) in [6, 6.07) is 8.60. The number of anilines is 1. The monoisotopic (exact) mass is 341 g/mol. The van der Waals surface area contributed by atoms with Gasteiger partial charge in [0.15, 0.2) is 5.69 Å². The fourth-order valence-corrected chi connectivity index (χ4v) is 3.10. The van der Waals surface area contributed by atoms with Gasteiger partial charge in [0.2, 0.25) is 0 Å². The van der Waals surface area contributed by atoms with Crippen LogP contribution in [0.1, 0.15) is 21.6 Å². The summed E-state index contributed by atoms with van der Waals surface area (Å²) in [6.45, 7) is 3.70. The first-order valence-electron chi connectivity index (χ1n) is 7.29. The van der Waals surface area contributed by atoms with E-state index >= 15 is 0 Å². The largest absolute Gasteiger partial charge is 0.508 e. The molecule has 1 heterocycles. The minimum absolute atomic E-state index is 0.0121. The van der Waals surface area contributed by atoms with Crippen LogP contribution in [-0.4, -0.2) is 16.0 Å². The SMILES string of the molecule is Cc1ccc(O)c(C)c1-c1c(N)c(C(N)=O)nc2cc(Cl)ccc12. The van der Waals surface area contributed by atoms with Gasteiger partial charge in [-0.25, -0.2) is 4.98 Å². The van der Waals surface area contributed by atoms with Crippen LogP contribution < -0.4 is 11.5 Å². The molecule has 0 spiro atoms. The number of nitrogens with two attached hydrogens (primary N) is 2. The van der Waals surface area contributed by atoms with Gasteiger partial charge in [0.05, 0.1) is 11.2 Å². The summed E-state index contributed by atoms with van der Waals surface area (Å²) in [6.07, 6.45) is 0. The van der Waals surface area contributed by atoms with E-state index in [1.807, 2.05) is 6.92 Å². The summed E-state index contributed by atoms with van der Waals surface area (Å²) >= 11 is 6.05. The van der Waals surface area contributed by atoms with Crippen molar-refractivity contribution in [2.45, 2.75) is 13.8 Å². The summed E-state index contributed by atoms with van der Waals surface area (Å²) in [7, 11) is 0. The zero-order valence-electron chi connectivity index (χ0n) is 13.2. The number of benzene rings is 2. The number of pyridine rings is 1. The topological polar surface area (TPSA) is 102 Å². The second-order valence-corrected chi connectivity index (χ2v) is 6.11. The van der Waals surface area contributed by atoms with Crippen LogP contribution in [0.3, 0.4) is 0 Å². The smallest absolute Gasteiger partial charge is 0.269 e. The molecule has 1 aromatic heterocycles. The molecular weight excluding hydrogens is 326 g/mol. The van der Waals surface area contributed by atoms with E-state index in [-0.39, 0.29) is 17.1 Å². The molecule has 0 aliphatic carbocycles. The number of carbonyl (C=O) groups is 1. The third-order valence-corrected chi connectivity index (χ3v) is 4.35. The Kier molecular flexibility index (Phi) is 3.81. The number of primary amides is 1. The molecule has 5 nitrogen and oxygen atoms in total. The highest BCUT2D eigenvalue weighted by Crippen LogP contribution is 2.41. The predicted octanol–water partition coefficient (Wildman–Crippen LogP) is 3.56. The quantitative estimate of drug-likeness (QED) is 0.663. The fourth-order valence-electron chi connectivity index (χ4n) is 2.93. The lowest BCUT2D eigenvalue weighted by atomic mass is 9.90. The van der Waals surface area contributed by atoms with Crippen LogP contribution in [0.2, 0.25) is 5.02 Å². The lowest BCUT2D eigenvalue weighted by Gasteiger charge is -2.17. The molecule has 0 radical (unpaired) electrons. The van der Waals surface area contributed by atoms with Crippen LogP contribution in [0.4, 0.5) is 5.69 Å². The number of hydrogen-bond donors (Lipinski definition) is 3. The first-order chi connectivity index (χ1) is 11.3. The van der Waals surface area contributed by atoms with E-state index in [1.165, 1.54) is 0 Å². The number of halogens is 1. The van der Waals surface area contributed by atoms with Gasteiger partial charge in [-0.3, -0.25) is 4.79 Å². The molecule has 0 saturated carbocycles. The molecule has 3 rings (SSSR count). The Bertz CT molecular complexity index is 999. The van der Waals surface area contributed by atoms with E-state index in [2.05, 4.69) is 4.98 Å². The number of nitrogen functional groups attached to an aromatic ring is 1. The van der Waals surface area contributed by atoms with Crippen molar-refractivity contribution in [3.05, 3.63) is 52.2 Å². The highest BCUT2D eigenvalue weighted by Gasteiger charge is 2.21. The van der Waals surface area contributed by atoms with Crippen LogP contribution in [0.5, 0.6) is 5.75 Å². The first kappa shape index (κ1) is 16.1. The van der Waals surface area contributed by atoms with Crippen molar-refractivity contribution in [3.8, 4) is 16.9 Å². The van der Waals surface area contributed by atoms with Crippen LogP contribution in [-0.2, 0) is 0 Å². The Morgan fingerprint density at radius 3 is 2.54 bits per heavy atom. The van der Waals surface area contributed by atoms with Gasteiger partial charge in [-0.15, -0.1) is 0 Å². The fraction of sp³-hybridized carbons (Fsp3) is 0.111. The van der Waals surface area contributed by atoms with Crippen LogP contribution in [0.25, 0.3) is 22.0 Å². The van der Waals surface area contributed by atoms with E-state index in [4.69, 9.17) is 23.1 Å². The number of aromatic hydroxyl groups is 1. The van der Waals surface area contributed by atoms with E-state index in [1.54, 1.807) is 37.3 Å². The Balaban J connectivity index is 2.54. The molecular formula is C18H16ClN3O2. The molecule has 0 fully saturated rings. The first-order valence-corrected chi connectivity index (χ1v) is 7.67. The van der Waals surface area contributed by atoms with Gasteiger partial charge in [0.1, 0.15) is 5.75 Å². The minimum atomic E-state index is -0.717. The number of aryl methyl sites for hydroxylation is 1. The van der Waals surface area contributed by atoms with E-state index in [0.29, 0.717) is 21.7 Å². The second-order valence-electron chi connectivity index (χ2n) is 5.68. The summed E-state index contributed by atoms with van der Waals surface area (Å²) in [4.78, 5) is 16.0. The summed E-state index contributed by atoms with van der Waals surface area (Å²) in [5.41, 5.74) is 15.3. The summed E-state index contributed by atoms with van der Waals surface area (Å²) < 4.78 is 0. The predicted molar refractivity (Wildman–Crippen MR) is 96.3 cm³/mol. The van der Waals surface area contributed by atoms with Gasteiger partial charge >= 0.3 is 0 Å². The number of fused-ring (bicyclic) bond motifs is 1. The van der Waals surface area contributed by atoms with Crippen LogP contribution in [0.15, 0.2) is 30.3 Å². The lowest BCUT2D eigenvalue weighted by Crippen LogP contribution is -2.16. The van der Waals surface area contributed by atoms with Crippen LogP contribution >= 0.6 is 11.6 Å². The molecule has 5 N–H and O–H groups in total. The molecule has 3 aromatic rings. The Morgan fingerprint density at radius 1 is 1.17 bits per heavy atom. The van der Waals surface area contributed by atoms with Crippen molar-refractivity contribution >= 4 is 34.1 Å². The lowest BCUT2D eigenvalue weighted by molar-refractivity contribution is 0.0997. The van der Waals surface area contributed by atoms with Gasteiger partial charge in [-0.1, -0.05) is 23.7 Å². The molecule has 0 bridgehead atoms. The molecule has 6 heteroatoms. The van der Waals surface area contributed by atoms with Crippen molar-refractivity contribution in [2.75, 3.05) is 5.73 Å². The third kappa shape index (κ3) is 2.43. The minimum Gasteiger partial charge on any atom is -0.508 e. The van der Waals surface area contributed by atoms with Crippen molar-refractivity contribution in [3.63, 3.8) is 0 Å². The average Bonchev–Trinajstić information content (AvgIpc) is 2.52. The maximum atomic E-state index is 11.8. The Morgan fingerprint density at radius 2 is 1.88 bits per heavy atom. The Hall–Kier alpha value is -2.79. The maximum absolute atomic E-state index is 11.8. The van der Waals surface area contributed by atoms with Gasteiger partial charge in [-0.05, 0) is 48.7 Å². The zero-order valence-corrected chi connectivity index (χ0v) is 14.0. The normalized spacial score (nSPS) is 11.0. The number of phenols is 1. The number of carbonyl (C=O) groups excluding carboxylic acids is 1. The third-order valence-electron chi connectivity index (χ3n) is 4.11. The van der Waals surface area contributed by atoms with Crippen molar-refractivity contribution in [1.82, 2.24) is 4.98 Å². The van der Waals surface area contributed by atoms with Crippen molar-refractivity contribution in [2.24, 2.45) is 5.73 Å². The standard InChI is InChI=1S/C18H16ClN3O2/c1-8-3-6-13(23)9(2)14(8)15-11-5-4-10(19)7-12(11)22-17(16(15)20)18(21)24/h3-7,23H,20H2,1-2H3,(H2,21,24). The van der Waals surface area contributed by atoms with Crippen molar-refractivity contribution in [1.29, 1.82) is 0 Å². The zero-order chi connectivity index (χ0) is 17.6. The maximum Gasteiger partial charge on any atom is 0.269 e. The Labute approximate surface area is 143 Å². The highest BCUT2D eigenvalue weighted by atomic mass is 35.5. The van der Waals surface area contributed by atoms with Crippen molar-refractivity contribution < 1.29 is 9.90 Å². The van der Waals surface area contributed by atoms with Gasteiger partial charge in [0.25, 0.3) is 5.91 Å². The molecule has 0 aliphatic heterocycles. The van der Waals surface area contributed by atoms with Gasteiger partial charge in [0, 0.05) is 16.0 Å². The van der Waals surface area contributed by atoms with E-state index in [0.717, 1.165) is 16.5 Å². The number of nitrogens with zero attached hydrogens (tertiary/aromatic N) is 1. The number of aromatic nitrogens is 1. The molecule has 0 aliphatic rings. The molecule has 122 valence electrons. The van der Waals surface area contributed by atoms with E-state index in [9.17, 15) is 9.90 Å². The number of amides is 1. The number of hydrogen-bond acceptors (Lipinski definition) is 4. The van der Waals surface area contributed by atoms with E-state index < -0.39 is 5.91 Å². The summed E-state index contributed by atoms with van der Waals surface area (Å²) in [5.74, 6) is -0.569. The second kappa shape index (κ2) is 5.69. The number of rotatable bonds is 2. The molecule has 2 aromatic carbocycles. The molecule has 24 heavy (non-hydrogen) atoms.